The fraction of sp³-hybridized carbons (Fsp3) is 0.0526. The third-order valence-corrected chi connectivity index (χ3v) is 4.73. The van der Waals surface area contributed by atoms with Crippen molar-refractivity contribution in [3.8, 4) is 23.2 Å². The molecular formula is C19H13BrN4O. The number of fused-ring (bicyclic) bond motifs is 1. The lowest BCUT2D eigenvalue weighted by Gasteiger charge is -2.24. The number of ether oxygens (including phenoxy) is 1. The third-order valence-electron chi connectivity index (χ3n) is 4.20. The summed E-state index contributed by atoms with van der Waals surface area (Å²) in [6.07, 6.45) is 0. The van der Waals surface area contributed by atoms with Gasteiger partial charge in [-0.25, -0.2) is 0 Å². The van der Waals surface area contributed by atoms with E-state index in [2.05, 4.69) is 32.2 Å². The van der Waals surface area contributed by atoms with E-state index in [0.29, 0.717) is 11.5 Å². The van der Waals surface area contributed by atoms with Crippen molar-refractivity contribution in [2.24, 2.45) is 5.73 Å². The molecule has 2 heterocycles. The second-order valence-corrected chi connectivity index (χ2v) is 6.58. The number of hydrogen-bond donors (Lipinski definition) is 2. The predicted octanol–water partition coefficient (Wildman–Crippen LogP) is 4.06. The smallest absolute Gasteiger partial charge is 0.244 e. The average Bonchev–Trinajstić information content (AvgIpc) is 3.05. The minimum Gasteiger partial charge on any atom is -0.420 e. The lowest BCUT2D eigenvalue weighted by molar-refractivity contribution is 0.379. The molecule has 0 saturated carbocycles. The number of nitrogens with zero attached hydrogens (tertiary/aromatic N) is 2. The zero-order valence-corrected chi connectivity index (χ0v) is 14.6. The summed E-state index contributed by atoms with van der Waals surface area (Å²) in [5.74, 6) is 0.160. The van der Waals surface area contributed by atoms with Crippen LogP contribution in [0.1, 0.15) is 17.0 Å². The molecule has 2 aromatic carbocycles. The molecule has 1 aromatic heterocycles. The van der Waals surface area contributed by atoms with Crippen LogP contribution >= 0.6 is 15.9 Å². The highest BCUT2D eigenvalue weighted by atomic mass is 79.9. The van der Waals surface area contributed by atoms with Crippen molar-refractivity contribution < 1.29 is 4.74 Å². The van der Waals surface area contributed by atoms with Crippen molar-refractivity contribution in [1.82, 2.24) is 10.2 Å². The van der Waals surface area contributed by atoms with Crippen LogP contribution in [0, 0.1) is 11.3 Å². The molecule has 25 heavy (non-hydrogen) atoms. The molecule has 0 unspecified atom stereocenters. The van der Waals surface area contributed by atoms with E-state index in [1.165, 1.54) is 0 Å². The zero-order valence-electron chi connectivity index (χ0n) is 13.0. The van der Waals surface area contributed by atoms with Crippen LogP contribution in [-0.2, 0) is 0 Å². The number of nitriles is 1. The maximum atomic E-state index is 9.66. The van der Waals surface area contributed by atoms with Crippen LogP contribution in [-0.4, -0.2) is 10.2 Å². The Balaban J connectivity index is 1.95. The van der Waals surface area contributed by atoms with Crippen LogP contribution in [0.25, 0.3) is 11.3 Å². The minimum absolute atomic E-state index is 0.0917. The monoisotopic (exact) mass is 392 g/mol. The van der Waals surface area contributed by atoms with Crippen molar-refractivity contribution in [2.45, 2.75) is 5.92 Å². The van der Waals surface area contributed by atoms with Crippen LogP contribution in [0.2, 0.25) is 0 Å². The Hall–Kier alpha value is -3.04. The molecular weight excluding hydrogens is 380 g/mol. The van der Waals surface area contributed by atoms with Gasteiger partial charge in [-0.1, -0.05) is 58.4 Å². The molecule has 122 valence electrons. The molecule has 1 aliphatic heterocycles. The predicted molar refractivity (Wildman–Crippen MR) is 97.5 cm³/mol. The van der Waals surface area contributed by atoms with Gasteiger partial charge in [-0.15, -0.1) is 5.10 Å². The van der Waals surface area contributed by atoms with Crippen molar-refractivity contribution in [2.75, 3.05) is 0 Å². The number of allylic oxidation sites excluding steroid dienone is 1. The van der Waals surface area contributed by atoms with Crippen LogP contribution in [0.3, 0.4) is 0 Å². The normalized spacial score (nSPS) is 16.1. The molecule has 0 aliphatic carbocycles. The molecule has 0 spiro atoms. The van der Waals surface area contributed by atoms with Crippen LogP contribution in [0.4, 0.5) is 0 Å². The second kappa shape index (κ2) is 6.11. The van der Waals surface area contributed by atoms with Gasteiger partial charge in [0.1, 0.15) is 11.6 Å². The van der Waals surface area contributed by atoms with Crippen molar-refractivity contribution in [3.05, 3.63) is 81.7 Å². The van der Waals surface area contributed by atoms with Gasteiger partial charge in [0.15, 0.2) is 0 Å². The first-order chi connectivity index (χ1) is 12.2. The van der Waals surface area contributed by atoms with Crippen molar-refractivity contribution in [3.63, 3.8) is 0 Å². The maximum Gasteiger partial charge on any atom is 0.244 e. The molecule has 1 aliphatic rings. The lowest BCUT2D eigenvalue weighted by Crippen LogP contribution is -2.20. The first kappa shape index (κ1) is 15.5. The number of aromatic amines is 1. The highest BCUT2D eigenvalue weighted by Gasteiger charge is 2.35. The topological polar surface area (TPSA) is 87.7 Å². The Labute approximate surface area is 152 Å². The number of aromatic nitrogens is 2. The number of halogens is 1. The van der Waals surface area contributed by atoms with E-state index in [9.17, 15) is 5.26 Å². The summed E-state index contributed by atoms with van der Waals surface area (Å²) in [7, 11) is 0. The summed E-state index contributed by atoms with van der Waals surface area (Å²) in [6, 6.07) is 19.9. The summed E-state index contributed by atoms with van der Waals surface area (Å²) in [4.78, 5) is 0. The summed E-state index contributed by atoms with van der Waals surface area (Å²) in [6.45, 7) is 0. The summed E-state index contributed by atoms with van der Waals surface area (Å²) < 4.78 is 6.56. The van der Waals surface area contributed by atoms with Gasteiger partial charge in [-0.05, 0) is 23.3 Å². The molecule has 1 atom stereocenters. The van der Waals surface area contributed by atoms with E-state index in [4.69, 9.17) is 10.5 Å². The van der Waals surface area contributed by atoms with Crippen molar-refractivity contribution >= 4 is 15.9 Å². The zero-order chi connectivity index (χ0) is 17.4. The van der Waals surface area contributed by atoms with E-state index in [1.807, 2.05) is 54.6 Å². The van der Waals surface area contributed by atoms with E-state index < -0.39 is 0 Å². The van der Waals surface area contributed by atoms with E-state index >= 15 is 0 Å². The highest BCUT2D eigenvalue weighted by Crippen LogP contribution is 2.45. The summed E-state index contributed by atoms with van der Waals surface area (Å²) in [5, 5.41) is 17.0. The summed E-state index contributed by atoms with van der Waals surface area (Å²) >= 11 is 3.44. The number of nitrogens with two attached hydrogens (primary N) is 1. The van der Waals surface area contributed by atoms with Gasteiger partial charge < -0.3 is 10.5 Å². The number of benzene rings is 2. The van der Waals surface area contributed by atoms with Gasteiger partial charge in [0.25, 0.3) is 0 Å². The SMILES string of the molecule is N#CC1=C(N)Oc2n[nH]c(-c3ccccc3)c2[C@@H]1c1ccc(Br)cc1. The largest absolute Gasteiger partial charge is 0.420 e. The maximum absolute atomic E-state index is 9.66. The molecule has 4 rings (SSSR count). The fourth-order valence-electron chi connectivity index (χ4n) is 3.06. The van der Waals surface area contributed by atoms with E-state index in [0.717, 1.165) is 26.9 Å². The fourth-order valence-corrected chi connectivity index (χ4v) is 3.32. The Morgan fingerprint density at radius 2 is 1.84 bits per heavy atom. The van der Waals surface area contributed by atoms with Crippen molar-refractivity contribution in [1.29, 1.82) is 5.26 Å². The molecule has 0 radical (unpaired) electrons. The van der Waals surface area contributed by atoms with Crippen LogP contribution in [0.15, 0.2) is 70.5 Å². The quantitative estimate of drug-likeness (QED) is 0.688. The van der Waals surface area contributed by atoms with Gasteiger partial charge in [0.05, 0.1) is 17.2 Å². The Morgan fingerprint density at radius 3 is 2.52 bits per heavy atom. The molecule has 6 heteroatoms. The Bertz CT molecular complexity index is 1000. The third kappa shape index (κ3) is 2.59. The molecule has 3 N–H and O–H groups in total. The molecule has 5 nitrogen and oxygen atoms in total. The second-order valence-electron chi connectivity index (χ2n) is 5.66. The van der Waals surface area contributed by atoms with E-state index in [-0.39, 0.29) is 11.8 Å². The van der Waals surface area contributed by atoms with Gasteiger partial charge in [-0.3, -0.25) is 5.10 Å². The molecule has 0 fully saturated rings. The number of nitrogens with one attached hydrogen (secondary N) is 1. The first-order valence-corrected chi connectivity index (χ1v) is 8.45. The lowest BCUT2D eigenvalue weighted by atomic mass is 9.83. The molecule has 0 amide bonds. The number of H-pyrrole nitrogens is 1. The van der Waals surface area contributed by atoms with Gasteiger partial charge in [0, 0.05) is 4.47 Å². The summed E-state index contributed by atoms with van der Waals surface area (Å²) in [5.41, 5.74) is 9.93. The standard InChI is InChI=1S/C19H13BrN4O/c20-13-8-6-11(7-9-13)15-14(10-21)18(22)25-19-16(15)17(23-24-19)12-4-2-1-3-5-12/h1-9,15H,22H2,(H,23,24)/t15-/m1/s1. The number of rotatable bonds is 2. The van der Waals surface area contributed by atoms with Crippen LogP contribution in [0.5, 0.6) is 5.88 Å². The Morgan fingerprint density at radius 1 is 1.12 bits per heavy atom. The molecule has 0 saturated heterocycles. The van der Waals surface area contributed by atoms with E-state index in [1.54, 1.807) is 0 Å². The first-order valence-electron chi connectivity index (χ1n) is 7.65. The minimum atomic E-state index is -0.337. The van der Waals surface area contributed by atoms with Gasteiger partial charge in [0.2, 0.25) is 11.8 Å². The van der Waals surface area contributed by atoms with Gasteiger partial charge in [-0.2, -0.15) is 5.26 Å². The highest BCUT2D eigenvalue weighted by molar-refractivity contribution is 9.10. The average molecular weight is 393 g/mol. The van der Waals surface area contributed by atoms with Gasteiger partial charge >= 0.3 is 0 Å². The Kier molecular flexibility index (Phi) is 3.79. The molecule has 3 aromatic rings. The number of hydrogen-bond acceptors (Lipinski definition) is 4. The van der Waals surface area contributed by atoms with Crippen LogP contribution < -0.4 is 10.5 Å². The molecule has 0 bridgehead atoms.